The lowest BCUT2D eigenvalue weighted by Gasteiger charge is -2.35. The molecular formula is C17H26N6O7S2. The van der Waals surface area contributed by atoms with Crippen LogP contribution in [0.4, 0.5) is 14.7 Å². The number of nitrogens with zero attached hydrogens (tertiary/aromatic N) is 6. The minimum atomic E-state index is -4.78. The van der Waals surface area contributed by atoms with Crippen molar-refractivity contribution in [1.82, 2.24) is 25.1 Å². The summed E-state index contributed by atoms with van der Waals surface area (Å²) in [5, 5.41) is 10.6. The lowest BCUT2D eigenvalue weighted by molar-refractivity contribution is -0.0317. The number of carbonyl (C=O) groups excluding carboxylic acids is 2. The highest BCUT2D eigenvalue weighted by Crippen LogP contribution is 2.40. The zero-order valence-electron chi connectivity index (χ0n) is 18.0. The van der Waals surface area contributed by atoms with Gasteiger partial charge in [0.25, 0.3) is 0 Å². The third-order valence-electron chi connectivity index (χ3n) is 5.41. The van der Waals surface area contributed by atoms with E-state index in [0.717, 1.165) is 0 Å². The first kappa shape index (κ1) is 22.9. The predicted octanol–water partition coefficient (Wildman–Crippen LogP) is 1.27. The van der Waals surface area contributed by atoms with E-state index in [0.29, 0.717) is 54.2 Å². The Morgan fingerprint density at radius 2 is 1.84 bits per heavy atom. The number of fused-ring (bicyclic) bond motifs is 2. The summed E-state index contributed by atoms with van der Waals surface area (Å²) in [6, 6.07) is -1.42. The number of hydroxylamine groups is 2. The minimum absolute atomic E-state index is 0.280. The van der Waals surface area contributed by atoms with Gasteiger partial charge in [-0.1, -0.05) is 11.3 Å². The lowest BCUT2D eigenvalue weighted by Crippen LogP contribution is -2.50. The van der Waals surface area contributed by atoms with E-state index in [1.54, 1.807) is 4.90 Å². The molecule has 0 radical (unpaired) electrons. The average Bonchev–Trinajstić information content (AvgIpc) is 3.27. The van der Waals surface area contributed by atoms with Gasteiger partial charge in [-0.15, -0.1) is 14.5 Å². The Morgan fingerprint density at radius 3 is 2.47 bits per heavy atom. The largest absolute Gasteiger partial charge is 0.444 e. The molecule has 0 aliphatic carbocycles. The van der Waals surface area contributed by atoms with Crippen LogP contribution in [0.5, 0.6) is 0 Å². The number of ether oxygens (including phenoxy) is 1. The van der Waals surface area contributed by atoms with Gasteiger partial charge in [0, 0.05) is 32.7 Å². The van der Waals surface area contributed by atoms with Crippen LogP contribution in [0.3, 0.4) is 0 Å². The maximum Gasteiger partial charge on any atom is 0.418 e. The normalized spacial score (nSPS) is 24.3. The lowest BCUT2D eigenvalue weighted by atomic mass is 10.0. The molecule has 2 bridgehead atoms. The Balaban J connectivity index is 1.38. The molecule has 2 atom stereocenters. The number of piperidine rings is 1. The van der Waals surface area contributed by atoms with Crippen molar-refractivity contribution in [2.45, 2.75) is 51.3 Å². The quantitative estimate of drug-likeness (QED) is 0.612. The Labute approximate surface area is 189 Å². The van der Waals surface area contributed by atoms with E-state index in [1.807, 2.05) is 25.7 Å². The minimum Gasteiger partial charge on any atom is -0.444 e. The molecule has 3 fully saturated rings. The first-order valence-electron chi connectivity index (χ1n) is 10.2. The summed E-state index contributed by atoms with van der Waals surface area (Å²) in [6.45, 7) is 7.94. The first-order valence-corrected chi connectivity index (χ1v) is 12.4. The summed E-state index contributed by atoms with van der Waals surface area (Å²) in [5.41, 5.74) is -0.545. The average molecular weight is 491 g/mol. The molecule has 3 aliphatic heterocycles. The van der Waals surface area contributed by atoms with E-state index >= 15 is 0 Å². The van der Waals surface area contributed by atoms with Crippen molar-refractivity contribution in [1.29, 1.82) is 0 Å². The molecule has 1 N–H and O–H groups in total. The second-order valence-corrected chi connectivity index (χ2v) is 10.9. The standard InChI is InChI=1S/C17H26N6O7S2/c1-17(2,3)29-16(25)21-8-6-20(7-9-21)14-19-18-13(31-14)12-5-4-11-10-22(12)15(24)23(11)30-32(26,27)28/h11-12H,4-10H2,1-3H3,(H,26,27,28). The maximum absolute atomic E-state index is 12.6. The molecule has 3 saturated heterocycles. The fraction of sp³-hybridized carbons (Fsp3) is 0.765. The molecule has 0 spiro atoms. The van der Waals surface area contributed by atoms with Crippen LogP contribution in [-0.2, 0) is 19.4 Å². The highest BCUT2D eigenvalue weighted by atomic mass is 32.3. The molecule has 15 heteroatoms. The fourth-order valence-corrected chi connectivity index (χ4v) is 5.42. The molecule has 1 aromatic heterocycles. The van der Waals surface area contributed by atoms with Gasteiger partial charge in [-0.3, -0.25) is 4.55 Å². The highest BCUT2D eigenvalue weighted by molar-refractivity contribution is 7.80. The van der Waals surface area contributed by atoms with E-state index in [1.165, 1.54) is 16.2 Å². The molecule has 3 amide bonds. The molecule has 3 aliphatic rings. The van der Waals surface area contributed by atoms with Crippen LogP contribution in [0.25, 0.3) is 0 Å². The van der Waals surface area contributed by atoms with Gasteiger partial charge in [-0.2, -0.15) is 13.5 Å². The van der Waals surface area contributed by atoms with Gasteiger partial charge in [0.05, 0.1) is 12.1 Å². The van der Waals surface area contributed by atoms with Crippen molar-refractivity contribution in [2.24, 2.45) is 0 Å². The molecule has 4 rings (SSSR count). The molecule has 32 heavy (non-hydrogen) atoms. The Hall–Kier alpha value is -2.23. The smallest absolute Gasteiger partial charge is 0.418 e. The molecule has 0 saturated carbocycles. The highest BCUT2D eigenvalue weighted by Gasteiger charge is 2.48. The summed E-state index contributed by atoms with van der Waals surface area (Å²) in [4.78, 5) is 30.0. The number of piperazine rings is 1. The molecular weight excluding hydrogens is 464 g/mol. The molecule has 4 heterocycles. The molecule has 178 valence electrons. The number of anilines is 1. The zero-order chi connectivity index (χ0) is 23.3. The van der Waals surface area contributed by atoms with E-state index in [4.69, 9.17) is 9.29 Å². The monoisotopic (exact) mass is 490 g/mol. The van der Waals surface area contributed by atoms with Gasteiger partial charge in [0.1, 0.15) is 10.6 Å². The van der Waals surface area contributed by atoms with E-state index in [9.17, 15) is 18.0 Å². The number of aromatic nitrogens is 2. The number of carbonyl (C=O) groups is 2. The maximum atomic E-state index is 12.6. The first-order chi connectivity index (χ1) is 14.9. The van der Waals surface area contributed by atoms with Gasteiger partial charge in [-0.05, 0) is 33.6 Å². The van der Waals surface area contributed by atoms with E-state index < -0.39 is 28.1 Å². The van der Waals surface area contributed by atoms with Gasteiger partial charge < -0.3 is 19.4 Å². The zero-order valence-corrected chi connectivity index (χ0v) is 19.6. The third-order valence-corrected chi connectivity index (χ3v) is 6.85. The van der Waals surface area contributed by atoms with Crippen molar-refractivity contribution >= 4 is 39.0 Å². The second-order valence-electron chi connectivity index (χ2n) is 8.89. The van der Waals surface area contributed by atoms with Crippen LogP contribution >= 0.6 is 11.3 Å². The van der Waals surface area contributed by atoms with E-state index in [2.05, 4.69) is 14.5 Å². The summed E-state index contributed by atoms with van der Waals surface area (Å²) >= 11 is 1.37. The number of hydrogen-bond donors (Lipinski definition) is 1. The van der Waals surface area contributed by atoms with E-state index in [-0.39, 0.29) is 18.7 Å². The Bertz CT molecular complexity index is 986. The molecule has 1 aromatic rings. The predicted molar refractivity (Wildman–Crippen MR) is 112 cm³/mol. The number of hydrogen-bond acceptors (Lipinski definition) is 10. The number of amides is 3. The second kappa shape index (κ2) is 8.28. The van der Waals surface area contributed by atoms with Crippen molar-refractivity contribution in [3.63, 3.8) is 0 Å². The molecule has 13 nitrogen and oxygen atoms in total. The topological polar surface area (TPSA) is 146 Å². The van der Waals surface area contributed by atoms with Crippen LogP contribution in [0.15, 0.2) is 0 Å². The summed E-state index contributed by atoms with van der Waals surface area (Å²) in [5.74, 6) is 0. The summed E-state index contributed by atoms with van der Waals surface area (Å²) < 4.78 is 40.9. The van der Waals surface area contributed by atoms with Crippen LogP contribution < -0.4 is 4.90 Å². The van der Waals surface area contributed by atoms with Crippen LogP contribution in [0, 0.1) is 0 Å². The van der Waals surface area contributed by atoms with Gasteiger partial charge >= 0.3 is 22.5 Å². The third kappa shape index (κ3) is 4.89. The molecule has 0 aromatic carbocycles. The summed E-state index contributed by atoms with van der Waals surface area (Å²) in [6.07, 6.45) is 0.741. The van der Waals surface area contributed by atoms with Crippen molar-refractivity contribution < 1.29 is 31.6 Å². The van der Waals surface area contributed by atoms with Gasteiger partial charge in [0.2, 0.25) is 5.13 Å². The van der Waals surface area contributed by atoms with Gasteiger partial charge in [0.15, 0.2) is 0 Å². The fourth-order valence-electron chi connectivity index (χ4n) is 3.98. The Morgan fingerprint density at radius 1 is 1.16 bits per heavy atom. The SMILES string of the molecule is CC(C)(C)OC(=O)N1CCN(c2nnc(C3CCC4CN3C(=O)N4OS(=O)(=O)O)s2)CC1. The number of urea groups is 1. The van der Waals surface area contributed by atoms with Crippen LogP contribution in [0.1, 0.15) is 44.7 Å². The van der Waals surface area contributed by atoms with Gasteiger partial charge in [-0.25, -0.2) is 9.59 Å². The number of rotatable bonds is 4. The van der Waals surface area contributed by atoms with Crippen LogP contribution in [0.2, 0.25) is 0 Å². The van der Waals surface area contributed by atoms with Crippen LogP contribution in [-0.4, -0.2) is 94.5 Å². The summed E-state index contributed by atoms with van der Waals surface area (Å²) in [7, 11) is -4.78. The van der Waals surface area contributed by atoms with Crippen molar-refractivity contribution in [2.75, 3.05) is 37.6 Å². The Kier molecular flexibility index (Phi) is 5.94. The van der Waals surface area contributed by atoms with Crippen molar-refractivity contribution in [3.8, 4) is 0 Å². The van der Waals surface area contributed by atoms with Crippen molar-refractivity contribution in [3.05, 3.63) is 5.01 Å². The molecule has 2 unspecified atom stereocenters.